The predicted octanol–water partition coefficient (Wildman–Crippen LogP) is 0.825. The standard InChI is InChI=1S/C21H29N4O2/c1-22-7-3-20(4-8-22)21-5-9-24(10-6-21)13-15-26-17-18-27-16-14-25-12-11-23(2)19-25/h3-12,19H,13-18H2,1-2H3/q+3. The molecule has 6 heteroatoms. The van der Waals surface area contributed by atoms with Crippen molar-refractivity contribution in [2.24, 2.45) is 14.1 Å². The summed E-state index contributed by atoms with van der Waals surface area (Å²) < 4.78 is 19.6. The Balaban J connectivity index is 1.28. The maximum absolute atomic E-state index is 5.66. The van der Waals surface area contributed by atoms with Crippen molar-refractivity contribution in [3.63, 3.8) is 0 Å². The van der Waals surface area contributed by atoms with Crippen LogP contribution in [0.25, 0.3) is 11.1 Å². The lowest BCUT2D eigenvalue weighted by Crippen LogP contribution is -2.35. The van der Waals surface area contributed by atoms with Gasteiger partial charge in [0, 0.05) is 24.3 Å². The molecule has 0 aliphatic carbocycles. The van der Waals surface area contributed by atoms with E-state index >= 15 is 0 Å². The van der Waals surface area contributed by atoms with E-state index in [1.165, 1.54) is 11.1 Å². The molecule has 0 aromatic carbocycles. The molecular weight excluding hydrogens is 340 g/mol. The quantitative estimate of drug-likeness (QED) is 0.392. The number of aryl methyl sites for hydroxylation is 2. The number of hydrogen-bond acceptors (Lipinski definition) is 2. The molecule has 0 aliphatic rings. The first kappa shape index (κ1) is 19.2. The first-order chi connectivity index (χ1) is 13.2. The summed E-state index contributed by atoms with van der Waals surface area (Å²) in [6.07, 6.45) is 14.4. The van der Waals surface area contributed by atoms with Crippen LogP contribution in [0.2, 0.25) is 0 Å². The van der Waals surface area contributed by atoms with Crippen LogP contribution in [0.1, 0.15) is 0 Å². The Labute approximate surface area is 160 Å². The van der Waals surface area contributed by atoms with Crippen LogP contribution in [0.3, 0.4) is 0 Å². The van der Waals surface area contributed by atoms with E-state index in [1.54, 1.807) is 0 Å². The molecule has 0 fully saturated rings. The summed E-state index contributed by atoms with van der Waals surface area (Å²) in [6, 6.07) is 8.53. The molecule has 0 saturated heterocycles. The van der Waals surface area contributed by atoms with Gasteiger partial charge in [0.15, 0.2) is 31.3 Å². The van der Waals surface area contributed by atoms with Crippen molar-refractivity contribution >= 4 is 0 Å². The minimum absolute atomic E-state index is 0.624. The van der Waals surface area contributed by atoms with Gasteiger partial charge in [0.1, 0.15) is 32.6 Å². The monoisotopic (exact) mass is 369 g/mol. The van der Waals surface area contributed by atoms with Gasteiger partial charge >= 0.3 is 0 Å². The Kier molecular flexibility index (Phi) is 7.07. The fourth-order valence-corrected chi connectivity index (χ4v) is 2.79. The molecule has 142 valence electrons. The minimum atomic E-state index is 0.624. The number of hydrogen-bond donors (Lipinski definition) is 0. The zero-order valence-corrected chi connectivity index (χ0v) is 16.2. The first-order valence-electron chi connectivity index (χ1n) is 9.32. The lowest BCUT2D eigenvalue weighted by atomic mass is 10.1. The van der Waals surface area contributed by atoms with Crippen LogP contribution in [0.15, 0.2) is 67.8 Å². The minimum Gasteiger partial charge on any atom is -0.375 e. The van der Waals surface area contributed by atoms with E-state index in [0.29, 0.717) is 26.4 Å². The summed E-state index contributed by atoms with van der Waals surface area (Å²) in [5.74, 6) is 0. The van der Waals surface area contributed by atoms with Gasteiger partial charge in [0.2, 0.25) is 6.33 Å². The van der Waals surface area contributed by atoms with E-state index in [2.05, 4.69) is 58.2 Å². The summed E-state index contributed by atoms with van der Waals surface area (Å²) in [7, 11) is 4.04. The molecule has 0 amide bonds. The van der Waals surface area contributed by atoms with E-state index in [-0.39, 0.29) is 0 Å². The van der Waals surface area contributed by atoms with E-state index in [4.69, 9.17) is 9.47 Å². The molecule has 27 heavy (non-hydrogen) atoms. The zero-order valence-electron chi connectivity index (χ0n) is 16.2. The molecular formula is C21H29N4O2+3. The van der Waals surface area contributed by atoms with Gasteiger partial charge < -0.3 is 9.47 Å². The molecule has 0 unspecified atom stereocenters. The molecule has 0 atom stereocenters. The Bertz CT molecular complexity index is 813. The Hall–Kier alpha value is -2.57. The van der Waals surface area contributed by atoms with Crippen molar-refractivity contribution in [1.29, 1.82) is 0 Å². The number of ether oxygens (including phenoxy) is 2. The van der Waals surface area contributed by atoms with Crippen molar-refractivity contribution in [3.05, 3.63) is 67.8 Å². The number of rotatable bonds is 10. The molecule has 0 spiro atoms. The van der Waals surface area contributed by atoms with E-state index in [9.17, 15) is 0 Å². The average Bonchev–Trinajstić information content (AvgIpc) is 3.10. The van der Waals surface area contributed by atoms with Crippen molar-refractivity contribution in [2.75, 3.05) is 26.4 Å². The lowest BCUT2D eigenvalue weighted by molar-refractivity contribution is -0.698. The van der Waals surface area contributed by atoms with Crippen molar-refractivity contribution in [1.82, 2.24) is 4.57 Å². The molecule has 3 rings (SSSR count). The van der Waals surface area contributed by atoms with Gasteiger partial charge in [-0.25, -0.2) is 18.3 Å². The second-order valence-electron chi connectivity index (χ2n) is 6.62. The fraction of sp³-hybridized carbons (Fsp3) is 0.381. The van der Waals surface area contributed by atoms with Gasteiger partial charge in [0.05, 0.1) is 26.9 Å². The zero-order chi connectivity index (χ0) is 18.9. The lowest BCUT2D eigenvalue weighted by Gasteiger charge is -2.04. The summed E-state index contributed by atoms with van der Waals surface area (Å²) >= 11 is 0. The van der Waals surface area contributed by atoms with Gasteiger partial charge in [-0.05, 0) is 11.1 Å². The molecule has 6 nitrogen and oxygen atoms in total. The van der Waals surface area contributed by atoms with Crippen LogP contribution in [-0.2, 0) is 36.7 Å². The highest BCUT2D eigenvalue weighted by Gasteiger charge is 2.04. The van der Waals surface area contributed by atoms with Crippen molar-refractivity contribution in [2.45, 2.75) is 13.1 Å². The summed E-state index contributed by atoms with van der Waals surface area (Å²) in [4.78, 5) is 0. The molecule has 3 heterocycles. The highest BCUT2D eigenvalue weighted by molar-refractivity contribution is 5.60. The molecule has 0 bridgehead atoms. The predicted molar refractivity (Wildman–Crippen MR) is 100 cm³/mol. The largest absolute Gasteiger partial charge is 0.375 e. The third kappa shape index (κ3) is 6.27. The molecule has 0 N–H and O–H groups in total. The van der Waals surface area contributed by atoms with Gasteiger partial charge in [0.25, 0.3) is 0 Å². The van der Waals surface area contributed by atoms with Crippen LogP contribution in [0.4, 0.5) is 0 Å². The molecule has 3 aromatic heterocycles. The van der Waals surface area contributed by atoms with Gasteiger partial charge in [-0.1, -0.05) is 0 Å². The maximum Gasteiger partial charge on any atom is 0.243 e. The van der Waals surface area contributed by atoms with E-state index in [0.717, 1.165) is 13.1 Å². The number of nitrogens with zero attached hydrogens (tertiary/aromatic N) is 4. The topological polar surface area (TPSA) is 35.0 Å². The Morgan fingerprint density at radius 2 is 1.37 bits per heavy atom. The van der Waals surface area contributed by atoms with Crippen molar-refractivity contribution in [3.8, 4) is 11.1 Å². The van der Waals surface area contributed by atoms with Crippen LogP contribution >= 0.6 is 0 Å². The van der Waals surface area contributed by atoms with Gasteiger partial charge in [-0.15, -0.1) is 0 Å². The number of pyridine rings is 2. The highest BCUT2D eigenvalue weighted by atomic mass is 16.5. The Morgan fingerprint density at radius 1 is 0.741 bits per heavy atom. The van der Waals surface area contributed by atoms with E-state index in [1.807, 2.05) is 42.0 Å². The first-order valence-corrected chi connectivity index (χ1v) is 9.32. The molecule has 0 radical (unpaired) electrons. The SMILES string of the molecule is C[n+]1ccc(-c2cc[n+](CCOCCOCCn3cc[n+](C)c3)cc2)cc1. The summed E-state index contributed by atoms with van der Waals surface area (Å²) in [6.45, 7) is 4.34. The second-order valence-corrected chi connectivity index (χ2v) is 6.62. The molecule has 0 aliphatic heterocycles. The molecule has 0 saturated carbocycles. The third-order valence-electron chi connectivity index (χ3n) is 4.39. The van der Waals surface area contributed by atoms with Gasteiger partial charge in [-0.3, -0.25) is 0 Å². The van der Waals surface area contributed by atoms with Crippen LogP contribution in [0.5, 0.6) is 0 Å². The normalized spacial score (nSPS) is 11.0. The van der Waals surface area contributed by atoms with Crippen LogP contribution in [-0.4, -0.2) is 31.0 Å². The average molecular weight is 369 g/mol. The fourth-order valence-electron chi connectivity index (χ4n) is 2.79. The maximum atomic E-state index is 5.66. The van der Waals surface area contributed by atoms with Gasteiger partial charge in [-0.2, -0.15) is 0 Å². The van der Waals surface area contributed by atoms with Crippen molar-refractivity contribution < 1.29 is 23.2 Å². The smallest absolute Gasteiger partial charge is 0.243 e. The molecule has 3 aromatic rings. The highest BCUT2D eigenvalue weighted by Crippen LogP contribution is 2.15. The number of imidazole rings is 1. The number of aromatic nitrogens is 4. The van der Waals surface area contributed by atoms with E-state index < -0.39 is 0 Å². The third-order valence-corrected chi connectivity index (χ3v) is 4.39. The van der Waals surface area contributed by atoms with Crippen LogP contribution in [0, 0.1) is 0 Å². The summed E-state index contributed by atoms with van der Waals surface area (Å²) in [5, 5.41) is 0. The second kappa shape index (κ2) is 9.94. The van der Waals surface area contributed by atoms with Crippen LogP contribution < -0.4 is 13.7 Å². The summed E-state index contributed by atoms with van der Waals surface area (Å²) in [5.41, 5.74) is 2.44. The Morgan fingerprint density at radius 3 is 2.00 bits per heavy atom.